The maximum absolute atomic E-state index is 12.9. The zero-order valence-electron chi connectivity index (χ0n) is 17.2. The molecule has 2 aromatic carbocycles. The van der Waals surface area contributed by atoms with Crippen LogP contribution in [0.15, 0.2) is 90.5 Å². The van der Waals surface area contributed by atoms with Crippen LogP contribution in [0.5, 0.6) is 0 Å². The van der Waals surface area contributed by atoms with Crippen LogP contribution in [0.25, 0.3) is 0 Å². The van der Waals surface area contributed by atoms with Crippen LogP contribution < -0.4 is 5.32 Å². The van der Waals surface area contributed by atoms with E-state index in [1.807, 2.05) is 36.4 Å². The molecule has 2 aromatic rings. The molecule has 1 heterocycles. The molecular weight excluding hydrogens is 428 g/mol. The number of nitrogens with one attached hydrogen (secondary N) is 1. The molecule has 7 heteroatoms. The Balaban J connectivity index is 1.78. The van der Waals surface area contributed by atoms with Gasteiger partial charge in [0.1, 0.15) is 6.61 Å². The van der Waals surface area contributed by atoms with Crippen molar-refractivity contribution < 1.29 is 19.1 Å². The number of benzene rings is 2. The summed E-state index contributed by atoms with van der Waals surface area (Å²) >= 11 is 6.15. The van der Waals surface area contributed by atoms with E-state index in [4.69, 9.17) is 26.3 Å². The van der Waals surface area contributed by atoms with Gasteiger partial charge in [-0.05, 0) is 35.8 Å². The number of dihydropyridines is 1. The molecule has 1 atom stereocenters. The first kappa shape index (κ1) is 22.9. The number of nitriles is 1. The highest BCUT2D eigenvalue weighted by molar-refractivity contribution is 6.30. The molecule has 0 aromatic heterocycles. The predicted octanol–water partition coefficient (Wildman–Crippen LogP) is 4.55. The number of halogens is 1. The van der Waals surface area contributed by atoms with Gasteiger partial charge in [-0.25, -0.2) is 9.59 Å². The van der Waals surface area contributed by atoms with Gasteiger partial charge in [-0.1, -0.05) is 54.1 Å². The second-order valence-corrected chi connectivity index (χ2v) is 7.30. The highest BCUT2D eigenvalue weighted by Gasteiger charge is 2.34. The summed E-state index contributed by atoms with van der Waals surface area (Å²) in [7, 11) is 0. The number of carbonyl (C=O) groups excluding carboxylic acids is 2. The van der Waals surface area contributed by atoms with E-state index in [1.54, 1.807) is 30.3 Å². The molecule has 0 aliphatic carbocycles. The van der Waals surface area contributed by atoms with Gasteiger partial charge in [-0.2, -0.15) is 5.26 Å². The van der Waals surface area contributed by atoms with Gasteiger partial charge in [0.2, 0.25) is 0 Å². The highest BCUT2D eigenvalue weighted by Crippen LogP contribution is 2.36. The standard InChI is InChI=1S/C25H21ClN2O4/c26-20-11-4-10-19(15-20)23-21(16-28-17-22(23)25(30)32-14-6-12-27)24(29)31-13-5-9-18-7-2-1-3-8-18/h1-5,7-8,10-11,13,15-17,23,28H,6,9,14H2/b13-5+. The summed E-state index contributed by atoms with van der Waals surface area (Å²) in [4.78, 5) is 25.5. The molecule has 0 fully saturated rings. The summed E-state index contributed by atoms with van der Waals surface area (Å²) in [5.74, 6) is -1.97. The number of ether oxygens (including phenoxy) is 2. The smallest absolute Gasteiger partial charge is 0.341 e. The molecule has 0 saturated carbocycles. The number of carbonyl (C=O) groups is 2. The largest absolute Gasteiger partial charge is 0.461 e. The minimum Gasteiger partial charge on any atom is -0.461 e. The van der Waals surface area contributed by atoms with Crippen molar-refractivity contribution >= 4 is 23.5 Å². The quantitative estimate of drug-likeness (QED) is 0.362. The number of rotatable bonds is 8. The summed E-state index contributed by atoms with van der Waals surface area (Å²) in [5.41, 5.74) is 2.17. The van der Waals surface area contributed by atoms with E-state index in [2.05, 4.69) is 5.32 Å². The van der Waals surface area contributed by atoms with E-state index in [1.165, 1.54) is 18.7 Å². The van der Waals surface area contributed by atoms with E-state index >= 15 is 0 Å². The fraction of sp³-hybridized carbons (Fsp3) is 0.160. The topological polar surface area (TPSA) is 88.4 Å². The molecule has 1 unspecified atom stereocenters. The van der Waals surface area contributed by atoms with Gasteiger partial charge in [-0.3, -0.25) is 0 Å². The minimum absolute atomic E-state index is 0.0410. The zero-order valence-corrected chi connectivity index (χ0v) is 17.9. The van der Waals surface area contributed by atoms with Gasteiger partial charge in [0, 0.05) is 17.4 Å². The normalized spacial score (nSPS) is 15.2. The molecular formula is C25H21ClN2O4. The van der Waals surface area contributed by atoms with E-state index in [0.29, 0.717) is 17.0 Å². The number of esters is 2. The molecule has 0 spiro atoms. The molecule has 3 rings (SSSR count). The Labute approximate surface area is 191 Å². The lowest BCUT2D eigenvalue weighted by atomic mass is 9.84. The van der Waals surface area contributed by atoms with Crippen LogP contribution in [0.1, 0.15) is 23.5 Å². The molecule has 1 N–H and O–H groups in total. The van der Waals surface area contributed by atoms with Crippen molar-refractivity contribution in [2.24, 2.45) is 0 Å². The van der Waals surface area contributed by atoms with E-state index in [9.17, 15) is 9.59 Å². The lowest BCUT2D eigenvalue weighted by molar-refractivity contribution is -0.139. The third kappa shape index (κ3) is 6.10. The lowest BCUT2D eigenvalue weighted by Crippen LogP contribution is -2.26. The molecule has 32 heavy (non-hydrogen) atoms. The van der Waals surface area contributed by atoms with Crippen LogP contribution in [-0.2, 0) is 25.5 Å². The predicted molar refractivity (Wildman–Crippen MR) is 120 cm³/mol. The van der Waals surface area contributed by atoms with Gasteiger partial charge in [0.25, 0.3) is 0 Å². The van der Waals surface area contributed by atoms with Crippen LogP contribution in [0.3, 0.4) is 0 Å². The second kappa shape index (κ2) is 11.5. The maximum atomic E-state index is 12.9. The number of nitrogens with zero attached hydrogens (tertiary/aromatic N) is 1. The third-order valence-electron chi connectivity index (χ3n) is 4.67. The van der Waals surface area contributed by atoms with Gasteiger partial charge in [-0.15, -0.1) is 0 Å². The van der Waals surface area contributed by atoms with Crippen molar-refractivity contribution in [3.8, 4) is 6.07 Å². The Morgan fingerprint density at radius 3 is 2.53 bits per heavy atom. The van der Waals surface area contributed by atoms with Crippen molar-refractivity contribution in [2.45, 2.75) is 18.8 Å². The first-order valence-electron chi connectivity index (χ1n) is 9.95. The number of allylic oxidation sites excluding steroid dienone is 1. The molecule has 0 radical (unpaired) electrons. The number of hydrogen-bond donors (Lipinski definition) is 1. The van der Waals surface area contributed by atoms with Crippen LogP contribution >= 0.6 is 11.6 Å². The van der Waals surface area contributed by atoms with Crippen LogP contribution in [0.2, 0.25) is 5.02 Å². The van der Waals surface area contributed by atoms with Gasteiger partial charge < -0.3 is 14.8 Å². The first-order valence-corrected chi connectivity index (χ1v) is 10.3. The van der Waals surface area contributed by atoms with Gasteiger partial charge >= 0.3 is 11.9 Å². The van der Waals surface area contributed by atoms with Crippen molar-refractivity contribution in [1.82, 2.24) is 5.32 Å². The second-order valence-electron chi connectivity index (χ2n) is 6.86. The van der Waals surface area contributed by atoms with Crippen LogP contribution in [0, 0.1) is 11.3 Å². The summed E-state index contributed by atoms with van der Waals surface area (Å²) < 4.78 is 10.5. The number of hydrogen-bond acceptors (Lipinski definition) is 6. The van der Waals surface area contributed by atoms with Crippen LogP contribution in [0.4, 0.5) is 0 Å². The average Bonchev–Trinajstić information content (AvgIpc) is 2.82. The summed E-state index contributed by atoms with van der Waals surface area (Å²) in [6, 6.07) is 18.6. The maximum Gasteiger partial charge on any atom is 0.341 e. The molecule has 1 aliphatic heterocycles. The van der Waals surface area contributed by atoms with E-state index < -0.39 is 17.9 Å². The first-order chi connectivity index (χ1) is 15.6. The van der Waals surface area contributed by atoms with Crippen molar-refractivity contribution in [3.05, 3.63) is 107 Å². The van der Waals surface area contributed by atoms with E-state index in [0.717, 1.165) is 5.56 Å². The molecule has 0 saturated heterocycles. The fourth-order valence-corrected chi connectivity index (χ4v) is 3.40. The Morgan fingerprint density at radius 1 is 1.06 bits per heavy atom. The highest BCUT2D eigenvalue weighted by atomic mass is 35.5. The van der Waals surface area contributed by atoms with Gasteiger partial charge in [0.15, 0.2) is 0 Å². The summed E-state index contributed by atoms with van der Waals surface area (Å²) in [6.45, 7) is -0.0410. The fourth-order valence-electron chi connectivity index (χ4n) is 3.20. The third-order valence-corrected chi connectivity index (χ3v) is 4.90. The SMILES string of the molecule is N#CCCOC(=O)C1=CNC=C(C(=O)O/C=C/Cc2ccccc2)C1c1cccc(Cl)c1. The Hall–Kier alpha value is -3.82. The zero-order chi connectivity index (χ0) is 22.8. The summed E-state index contributed by atoms with van der Waals surface area (Å²) in [6.07, 6.45) is 6.73. The molecule has 162 valence electrons. The monoisotopic (exact) mass is 448 g/mol. The Kier molecular flexibility index (Phi) is 8.24. The molecule has 6 nitrogen and oxygen atoms in total. The Morgan fingerprint density at radius 2 is 1.81 bits per heavy atom. The molecule has 1 aliphatic rings. The minimum atomic E-state index is -0.737. The van der Waals surface area contributed by atoms with Crippen molar-refractivity contribution in [1.29, 1.82) is 5.26 Å². The van der Waals surface area contributed by atoms with Crippen molar-refractivity contribution in [2.75, 3.05) is 6.61 Å². The summed E-state index contributed by atoms with van der Waals surface area (Å²) in [5, 5.41) is 12.0. The lowest BCUT2D eigenvalue weighted by Gasteiger charge is -2.25. The van der Waals surface area contributed by atoms with Crippen LogP contribution in [-0.4, -0.2) is 18.5 Å². The molecule has 0 bridgehead atoms. The van der Waals surface area contributed by atoms with Crippen molar-refractivity contribution in [3.63, 3.8) is 0 Å². The van der Waals surface area contributed by atoms with E-state index in [-0.39, 0.29) is 24.2 Å². The molecule has 0 amide bonds. The average molecular weight is 449 g/mol. The Bertz CT molecular complexity index is 1100. The van der Waals surface area contributed by atoms with Gasteiger partial charge in [0.05, 0.1) is 35.8 Å².